The van der Waals surface area contributed by atoms with E-state index in [1.807, 2.05) is 43.3 Å². The first kappa shape index (κ1) is 16.1. The van der Waals surface area contributed by atoms with E-state index in [1.54, 1.807) is 13.2 Å². The number of esters is 1. The highest BCUT2D eigenvalue weighted by atomic mass is 16.5. The van der Waals surface area contributed by atoms with Gasteiger partial charge in [-0.1, -0.05) is 43.3 Å². The molecule has 24 heavy (non-hydrogen) atoms. The first-order valence-electron chi connectivity index (χ1n) is 8.00. The highest BCUT2D eigenvalue weighted by Crippen LogP contribution is 2.28. The summed E-state index contributed by atoms with van der Waals surface area (Å²) in [6, 6.07) is 13.9. The second-order valence-electron chi connectivity index (χ2n) is 5.78. The van der Waals surface area contributed by atoms with Crippen LogP contribution >= 0.6 is 0 Å². The fourth-order valence-electron chi connectivity index (χ4n) is 2.64. The fraction of sp³-hybridized carbons (Fsp3) is 0.190. The number of methoxy groups -OCH3 is 1. The molecule has 0 aromatic heterocycles. The molecule has 0 N–H and O–H groups in total. The molecule has 0 fully saturated rings. The third kappa shape index (κ3) is 3.25. The van der Waals surface area contributed by atoms with Gasteiger partial charge in [0.1, 0.15) is 11.5 Å². The largest absolute Gasteiger partial charge is 0.496 e. The van der Waals surface area contributed by atoms with E-state index in [0.29, 0.717) is 11.3 Å². The molecule has 0 saturated heterocycles. The van der Waals surface area contributed by atoms with Gasteiger partial charge in [-0.05, 0) is 48.3 Å². The van der Waals surface area contributed by atoms with Gasteiger partial charge in [-0.25, -0.2) is 4.79 Å². The highest BCUT2D eigenvalue weighted by Gasteiger charge is 2.22. The molecule has 0 atom stereocenters. The van der Waals surface area contributed by atoms with Crippen LogP contribution in [0.1, 0.15) is 29.2 Å². The quantitative estimate of drug-likeness (QED) is 0.612. The first-order chi connectivity index (χ1) is 11.6. The number of hydrogen-bond donors (Lipinski definition) is 0. The van der Waals surface area contributed by atoms with Crippen molar-refractivity contribution in [1.29, 1.82) is 0 Å². The Labute approximate surface area is 142 Å². The first-order valence-corrected chi connectivity index (χ1v) is 8.00. The number of rotatable bonds is 4. The van der Waals surface area contributed by atoms with Crippen molar-refractivity contribution in [2.75, 3.05) is 7.11 Å². The molecule has 0 amide bonds. The molecule has 2 aromatic rings. The van der Waals surface area contributed by atoms with Crippen LogP contribution in [0.25, 0.3) is 11.8 Å². The normalized spacial score (nSPS) is 15.4. The van der Waals surface area contributed by atoms with E-state index >= 15 is 0 Å². The Morgan fingerprint density at radius 2 is 1.88 bits per heavy atom. The maximum Gasteiger partial charge on any atom is 0.343 e. The minimum atomic E-state index is -0.330. The Kier molecular flexibility index (Phi) is 4.52. The van der Waals surface area contributed by atoms with E-state index in [-0.39, 0.29) is 5.97 Å². The molecule has 3 rings (SSSR count). The summed E-state index contributed by atoms with van der Waals surface area (Å²) in [5.74, 6) is 1.06. The molecular formula is C21H20O3. The number of ether oxygens (including phenoxy) is 2. The zero-order valence-corrected chi connectivity index (χ0v) is 14.1. The number of carbonyl (C=O) groups is 1. The summed E-state index contributed by atoms with van der Waals surface area (Å²) in [7, 11) is 1.64. The number of benzene rings is 2. The Morgan fingerprint density at radius 1 is 1.12 bits per heavy atom. The van der Waals surface area contributed by atoms with Crippen LogP contribution in [0.15, 0.2) is 54.1 Å². The van der Waals surface area contributed by atoms with Gasteiger partial charge in [0.05, 0.1) is 12.7 Å². The summed E-state index contributed by atoms with van der Waals surface area (Å²) in [5, 5.41) is 0. The summed E-state index contributed by atoms with van der Waals surface area (Å²) >= 11 is 0. The van der Waals surface area contributed by atoms with E-state index in [0.717, 1.165) is 28.9 Å². The van der Waals surface area contributed by atoms with Crippen molar-refractivity contribution in [2.45, 2.75) is 20.3 Å². The molecule has 0 spiro atoms. The lowest BCUT2D eigenvalue weighted by molar-refractivity contribution is -0.130. The zero-order valence-electron chi connectivity index (χ0n) is 14.1. The van der Waals surface area contributed by atoms with Gasteiger partial charge in [-0.3, -0.25) is 0 Å². The topological polar surface area (TPSA) is 35.5 Å². The van der Waals surface area contributed by atoms with Gasteiger partial charge in [0, 0.05) is 5.56 Å². The molecule has 0 aliphatic carbocycles. The predicted molar refractivity (Wildman–Crippen MR) is 95.6 cm³/mol. The monoisotopic (exact) mass is 320 g/mol. The lowest BCUT2D eigenvalue weighted by Crippen LogP contribution is -1.97. The molecule has 3 nitrogen and oxygen atoms in total. The van der Waals surface area contributed by atoms with Crippen LogP contribution in [0.2, 0.25) is 0 Å². The summed E-state index contributed by atoms with van der Waals surface area (Å²) < 4.78 is 10.7. The molecule has 122 valence electrons. The van der Waals surface area contributed by atoms with Crippen LogP contribution in [0, 0.1) is 6.92 Å². The van der Waals surface area contributed by atoms with Crippen molar-refractivity contribution in [3.63, 3.8) is 0 Å². The SMILES string of the molecule is CCc1ccc(C2=C/C(=C/c3ccc(C)c(OC)c3)C(=O)O2)cc1. The van der Waals surface area contributed by atoms with Crippen LogP contribution in [-0.2, 0) is 16.0 Å². The van der Waals surface area contributed by atoms with Crippen LogP contribution in [0.3, 0.4) is 0 Å². The molecule has 0 radical (unpaired) electrons. The minimum absolute atomic E-state index is 0.330. The molecule has 3 heteroatoms. The molecule has 1 aliphatic rings. The van der Waals surface area contributed by atoms with Crippen LogP contribution in [-0.4, -0.2) is 13.1 Å². The fourth-order valence-corrected chi connectivity index (χ4v) is 2.64. The van der Waals surface area contributed by atoms with Gasteiger partial charge >= 0.3 is 5.97 Å². The Balaban J connectivity index is 1.90. The predicted octanol–water partition coefficient (Wildman–Crippen LogP) is 4.55. The molecular weight excluding hydrogens is 300 g/mol. The Bertz CT molecular complexity index is 827. The maximum atomic E-state index is 12.1. The third-order valence-corrected chi connectivity index (χ3v) is 4.13. The number of cyclic esters (lactones) is 1. The van der Waals surface area contributed by atoms with E-state index in [9.17, 15) is 4.79 Å². The minimum Gasteiger partial charge on any atom is -0.496 e. The van der Waals surface area contributed by atoms with Gasteiger partial charge < -0.3 is 9.47 Å². The van der Waals surface area contributed by atoms with E-state index in [2.05, 4.69) is 19.1 Å². The average Bonchev–Trinajstić information content (AvgIpc) is 2.97. The summed E-state index contributed by atoms with van der Waals surface area (Å²) in [6.45, 7) is 4.10. The molecule has 0 saturated carbocycles. The lowest BCUT2D eigenvalue weighted by atomic mass is 10.1. The number of carbonyl (C=O) groups excluding carboxylic acids is 1. The Hall–Kier alpha value is -2.81. The van der Waals surface area contributed by atoms with Crippen molar-refractivity contribution >= 4 is 17.8 Å². The van der Waals surface area contributed by atoms with Crippen molar-refractivity contribution in [2.24, 2.45) is 0 Å². The molecule has 1 aliphatic heterocycles. The highest BCUT2D eigenvalue weighted by molar-refractivity contribution is 6.05. The summed E-state index contributed by atoms with van der Waals surface area (Å²) in [4.78, 5) is 12.1. The average molecular weight is 320 g/mol. The molecule has 1 heterocycles. The second kappa shape index (κ2) is 6.75. The molecule has 0 bridgehead atoms. The van der Waals surface area contributed by atoms with Crippen molar-refractivity contribution in [1.82, 2.24) is 0 Å². The van der Waals surface area contributed by atoms with E-state index < -0.39 is 0 Å². The molecule has 0 unspecified atom stereocenters. The Morgan fingerprint density at radius 3 is 2.54 bits per heavy atom. The van der Waals surface area contributed by atoms with Crippen molar-refractivity contribution in [3.8, 4) is 5.75 Å². The van der Waals surface area contributed by atoms with Gasteiger partial charge in [0.2, 0.25) is 0 Å². The number of aryl methyl sites for hydroxylation is 2. The zero-order chi connectivity index (χ0) is 17.1. The van der Waals surface area contributed by atoms with Crippen LogP contribution < -0.4 is 4.74 Å². The standard InChI is InChI=1S/C21H20O3/c1-4-15-7-9-17(10-8-15)20-13-18(21(22)24-20)11-16-6-5-14(2)19(12-16)23-3/h5-13H,4H2,1-3H3/b18-11-. The summed E-state index contributed by atoms with van der Waals surface area (Å²) in [6.07, 6.45) is 4.59. The molecule has 2 aromatic carbocycles. The second-order valence-corrected chi connectivity index (χ2v) is 5.78. The lowest BCUT2D eigenvalue weighted by Gasteiger charge is -2.05. The van der Waals surface area contributed by atoms with Gasteiger partial charge in [0.15, 0.2) is 0 Å². The summed E-state index contributed by atoms with van der Waals surface area (Å²) in [5.41, 5.74) is 4.66. The van der Waals surface area contributed by atoms with Crippen molar-refractivity contribution in [3.05, 3.63) is 76.4 Å². The smallest absolute Gasteiger partial charge is 0.343 e. The number of hydrogen-bond acceptors (Lipinski definition) is 3. The van der Waals surface area contributed by atoms with Gasteiger partial charge in [-0.15, -0.1) is 0 Å². The van der Waals surface area contributed by atoms with E-state index in [1.165, 1.54) is 5.56 Å². The maximum absolute atomic E-state index is 12.1. The third-order valence-electron chi connectivity index (χ3n) is 4.13. The van der Waals surface area contributed by atoms with Gasteiger partial charge in [-0.2, -0.15) is 0 Å². The van der Waals surface area contributed by atoms with Crippen LogP contribution in [0.4, 0.5) is 0 Å². The van der Waals surface area contributed by atoms with E-state index in [4.69, 9.17) is 9.47 Å². The van der Waals surface area contributed by atoms with Crippen molar-refractivity contribution < 1.29 is 14.3 Å². The van der Waals surface area contributed by atoms with Gasteiger partial charge in [0.25, 0.3) is 0 Å². The van der Waals surface area contributed by atoms with Crippen LogP contribution in [0.5, 0.6) is 5.75 Å².